The third-order valence-electron chi connectivity index (χ3n) is 4.00. The zero-order valence-electron chi connectivity index (χ0n) is 10.7. The predicted octanol–water partition coefficient (Wildman–Crippen LogP) is 1.56. The zero-order chi connectivity index (χ0) is 12.1. The van der Waals surface area contributed by atoms with Crippen molar-refractivity contribution in [2.45, 2.75) is 63.3 Å². The normalized spacial score (nSPS) is 25.5. The molecular formula is C13H25N3O. The van der Waals surface area contributed by atoms with Crippen LogP contribution in [0.5, 0.6) is 0 Å². The highest BCUT2D eigenvalue weighted by Crippen LogP contribution is 2.28. The van der Waals surface area contributed by atoms with Gasteiger partial charge in [0, 0.05) is 25.0 Å². The van der Waals surface area contributed by atoms with E-state index in [1.165, 1.54) is 38.5 Å². The Balaban J connectivity index is 1.75. The van der Waals surface area contributed by atoms with Crippen LogP contribution in [0.25, 0.3) is 0 Å². The summed E-state index contributed by atoms with van der Waals surface area (Å²) in [5.74, 6) is 0.108. The molecule has 3 N–H and O–H groups in total. The molecule has 4 heteroatoms. The maximum absolute atomic E-state index is 12.0. The molecule has 0 unspecified atom stereocenters. The molecule has 1 saturated carbocycles. The number of nitrogens with zero attached hydrogens (tertiary/aromatic N) is 1. The Morgan fingerprint density at radius 3 is 2.29 bits per heavy atom. The van der Waals surface area contributed by atoms with Crippen molar-refractivity contribution in [2.24, 2.45) is 5.73 Å². The first-order valence-corrected chi connectivity index (χ1v) is 7.01. The monoisotopic (exact) mass is 239 g/mol. The summed E-state index contributed by atoms with van der Waals surface area (Å²) in [5, 5.41) is 2.05. The average Bonchev–Trinajstić information content (AvgIpc) is 2.30. The Labute approximate surface area is 104 Å². The van der Waals surface area contributed by atoms with Gasteiger partial charge in [-0.25, -0.2) is 5.01 Å². The second kappa shape index (κ2) is 5.83. The average molecular weight is 239 g/mol. The van der Waals surface area contributed by atoms with Crippen LogP contribution in [0, 0.1) is 0 Å². The molecule has 0 aromatic rings. The molecule has 2 fully saturated rings. The second-order valence-corrected chi connectivity index (χ2v) is 5.68. The maximum Gasteiger partial charge on any atom is 0.236 e. The van der Waals surface area contributed by atoms with Crippen LogP contribution in [0.3, 0.4) is 0 Å². The van der Waals surface area contributed by atoms with E-state index in [9.17, 15) is 4.79 Å². The quantitative estimate of drug-likeness (QED) is 0.785. The molecule has 4 nitrogen and oxygen atoms in total. The fourth-order valence-electron chi connectivity index (χ4n) is 2.97. The number of hydrogen-bond acceptors (Lipinski definition) is 3. The van der Waals surface area contributed by atoms with Crippen molar-refractivity contribution < 1.29 is 4.79 Å². The Hall–Kier alpha value is -0.610. The first-order chi connectivity index (χ1) is 8.18. The van der Waals surface area contributed by atoms with E-state index in [1.807, 2.05) is 0 Å². The number of carbonyl (C=O) groups is 1. The lowest BCUT2D eigenvalue weighted by molar-refractivity contribution is -0.127. The summed E-state index contributed by atoms with van der Waals surface area (Å²) in [6.45, 7) is 1.98. The molecule has 0 spiro atoms. The van der Waals surface area contributed by atoms with Crippen LogP contribution in [0.4, 0.5) is 0 Å². The van der Waals surface area contributed by atoms with Crippen molar-refractivity contribution in [2.75, 3.05) is 13.1 Å². The van der Waals surface area contributed by atoms with Gasteiger partial charge in [-0.05, 0) is 25.7 Å². The lowest BCUT2D eigenvalue weighted by atomic mass is 9.80. The minimum absolute atomic E-state index is 0.108. The summed E-state index contributed by atoms with van der Waals surface area (Å²) in [5.41, 5.74) is 9.05. The predicted molar refractivity (Wildman–Crippen MR) is 68.2 cm³/mol. The van der Waals surface area contributed by atoms with E-state index in [-0.39, 0.29) is 11.4 Å². The number of nitrogens with one attached hydrogen (secondary N) is 1. The largest absolute Gasteiger partial charge is 0.325 e. The van der Waals surface area contributed by atoms with Gasteiger partial charge in [-0.15, -0.1) is 0 Å². The number of nitrogens with two attached hydrogens (primary N) is 1. The maximum atomic E-state index is 12.0. The second-order valence-electron chi connectivity index (χ2n) is 5.68. The van der Waals surface area contributed by atoms with Crippen LogP contribution < -0.4 is 11.2 Å². The highest BCUT2D eigenvalue weighted by molar-refractivity contribution is 5.76. The van der Waals surface area contributed by atoms with Crippen molar-refractivity contribution in [1.29, 1.82) is 0 Å². The lowest BCUT2D eigenvalue weighted by Gasteiger charge is -2.34. The lowest BCUT2D eigenvalue weighted by Crippen LogP contribution is -2.50. The standard InChI is InChI=1S/C13H25N3O/c14-13(7-3-1-4-8-13)11-12(17)15-16-9-5-2-6-10-16/h1-11,14H2,(H,15,17). The smallest absolute Gasteiger partial charge is 0.236 e. The van der Waals surface area contributed by atoms with Crippen LogP contribution in [-0.4, -0.2) is 29.5 Å². The van der Waals surface area contributed by atoms with Crippen LogP contribution in [0.1, 0.15) is 57.8 Å². The van der Waals surface area contributed by atoms with E-state index in [1.54, 1.807) is 0 Å². The molecule has 0 aromatic carbocycles. The Morgan fingerprint density at radius 1 is 1.06 bits per heavy atom. The van der Waals surface area contributed by atoms with Gasteiger partial charge in [-0.2, -0.15) is 0 Å². The highest BCUT2D eigenvalue weighted by Gasteiger charge is 2.30. The number of piperidine rings is 1. The number of hydrazine groups is 1. The van der Waals surface area contributed by atoms with E-state index in [0.29, 0.717) is 6.42 Å². The molecule has 1 aliphatic heterocycles. The Kier molecular flexibility index (Phi) is 4.40. The number of amides is 1. The summed E-state index contributed by atoms with van der Waals surface area (Å²) >= 11 is 0. The summed E-state index contributed by atoms with van der Waals surface area (Å²) in [6.07, 6.45) is 9.77. The van der Waals surface area contributed by atoms with Crippen molar-refractivity contribution in [3.05, 3.63) is 0 Å². The Morgan fingerprint density at radius 2 is 1.65 bits per heavy atom. The molecule has 17 heavy (non-hydrogen) atoms. The Bertz CT molecular complexity index is 255. The molecule has 0 bridgehead atoms. The number of hydrogen-bond donors (Lipinski definition) is 2. The molecule has 0 aromatic heterocycles. The van der Waals surface area contributed by atoms with Crippen LogP contribution in [0.2, 0.25) is 0 Å². The molecule has 1 saturated heterocycles. The van der Waals surface area contributed by atoms with Crippen LogP contribution >= 0.6 is 0 Å². The van der Waals surface area contributed by atoms with Gasteiger partial charge in [-0.1, -0.05) is 25.7 Å². The molecule has 2 aliphatic rings. The molecule has 0 atom stereocenters. The van der Waals surface area contributed by atoms with E-state index in [0.717, 1.165) is 25.9 Å². The first-order valence-electron chi connectivity index (χ1n) is 7.01. The molecular weight excluding hydrogens is 214 g/mol. The molecule has 0 radical (unpaired) electrons. The summed E-state index contributed by atoms with van der Waals surface area (Å²) in [7, 11) is 0. The van der Waals surface area contributed by atoms with Gasteiger partial charge < -0.3 is 5.73 Å². The topological polar surface area (TPSA) is 58.4 Å². The number of rotatable bonds is 3. The minimum Gasteiger partial charge on any atom is -0.325 e. The van der Waals surface area contributed by atoms with Gasteiger partial charge in [0.1, 0.15) is 0 Å². The van der Waals surface area contributed by atoms with E-state index in [4.69, 9.17) is 5.73 Å². The minimum atomic E-state index is -0.238. The van der Waals surface area contributed by atoms with E-state index < -0.39 is 0 Å². The third kappa shape index (κ3) is 3.96. The van der Waals surface area contributed by atoms with Crippen molar-refractivity contribution in [3.63, 3.8) is 0 Å². The van der Waals surface area contributed by atoms with Gasteiger partial charge in [0.05, 0.1) is 0 Å². The van der Waals surface area contributed by atoms with Crippen LogP contribution in [0.15, 0.2) is 0 Å². The fourth-order valence-corrected chi connectivity index (χ4v) is 2.97. The van der Waals surface area contributed by atoms with Crippen molar-refractivity contribution >= 4 is 5.91 Å². The molecule has 2 rings (SSSR count). The molecule has 1 amide bonds. The highest BCUT2D eigenvalue weighted by atomic mass is 16.2. The summed E-state index contributed by atoms with van der Waals surface area (Å²) in [4.78, 5) is 12.0. The SMILES string of the molecule is NC1(CC(=O)NN2CCCCC2)CCCCC1. The van der Waals surface area contributed by atoms with Gasteiger partial charge >= 0.3 is 0 Å². The molecule has 98 valence electrons. The van der Waals surface area contributed by atoms with Gasteiger partial charge in [0.2, 0.25) is 5.91 Å². The first kappa shape index (κ1) is 12.8. The number of carbonyl (C=O) groups excluding carboxylic acids is 1. The fraction of sp³-hybridized carbons (Fsp3) is 0.923. The van der Waals surface area contributed by atoms with E-state index in [2.05, 4.69) is 10.4 Å². The molecule has 1 aliphatic carbocycles. The van der Waals surface area contributed by atoms with Crippen LogP contribution in [-0.2, 0) is 4.79 Å². The van der Waals surface area contributed by atoms with Crippen molar-refractivity contribution in [3.8, 4) is 0 Å². The van der Waals surface area contributed by atoms with Gasteiger partial charge in [0.25, 0.3) is 0 Å². The third-order valence-corrected chi connectivity index (χ3v) is 4.00. The van der Waals surface area contributed by atoms with Gasteiger partial charge in [-0.3, -0.25) is 10.2 Å². The zero-order valence-corrected chi connectivity index (χ0v) is 10.7. The summed E-state index contributed by atoms with van der Waals surface area (Å²) < 4.78 is 0. The van der Waals surface area contributed by atoms with E-state index >= 15 is 0 Å². The molecule has 1 heterocycles. The van der Waals surface area contributed by atoms with Gasteiger partial charge in [0.15, 0.2) is 0 Å². The summed E-state index contributed by atoms with van der Waals surface area (Å²) in [6, 6.07) is 0. The van der Waals surface area contributed by atoms with Crippen molar-refractivity contribution in [1.82, 2.24) is 10.4 Å².